The molecular weight excluding hydrogens is 314 g/mol. The van der Waals surface area contributed by atoms with E-state index in [1.54, 1.807) is 13.3 Å². The van der Waals surface area contributed by atoms with Gasteiger partial charge in [0.25, 0.3) is 0 Å². The standard InChI is InChI=1S/C19H17N5O/c1-13-17-12-20-19(22-15-8-10-16(25-2)11-9-15)23-24(17)18(21-13)14-6-4-3-5-7-14/h3-12H,1-2H3,(H,22,23). The van der Waals surface area contributed by atoms with Crippen LogP contribution in [0.1, 0.15) is 5.69 Å². The summed E-state index contributed by atoms with van der Waals surface area (Å²) < 4.78 is 7.00. The molecule has 0 aliphatic heterocycles. The summed E-state index contributed by atoms with van der Waals surface area (Å²) in [4.78, 5) is 9.05. The molecular formula is C19H17N5O. The highest BCUT2D eigenvalue weighted by Crippen LogP contribution is 2.23. The molecule has 1 N–H and O–H groups in total. The van der Waals surface area contributed by atoms with Crippen molar-refractivity contribution in [2.75, 3.05) is 12.4 Å². The van der Waals surface area contributed by atoms with Gasteiger partial charge in [-0.2, -0.15) is 0 Å². The Bertz CT molecular complexity index is 1010. The molecule has 0 radical (unpaired) electrons. The largest absolute Gasteiger partial charge is 0.497 e. The summed E-state index contributed by atoms with van der Waals surface area (Å²) in [7, 11) is 1.64. The van der Waals surface area contributed by atoms with E-state index in [0.717, 1.165) is 34.0 Å². The minimum Gasteiger partial charge on any atom is -0.497 e. The zero-order valence-electron chi connectivity index (χ0n) is 14.0. The van der Waals surface area contributed by atoms with Crippen LogP contribution in [-0.2, 0) is 0 Å². The maximum atomic E-state index is 5.17. The predicted octanol–water partition coefficient (Wildman–Crippen LogP) is 3.85. The maximum absolute atomic E-state index is 5.17. The third-order valence-electron chi connectivity index (χ3n) is 3.96. The molecule has 0 unspecified atom stereocenters. The van der Waals surface area contributed by atoms with E-state index in [4.69, 9.17) is 4.74 Å². The Morgan fingerprint density at radius 2 is 1.76 bits per heavy atom. The average molecular weight is 331 g/mol. The topological polar surface area (TPSA) is 64.3 Å². The summed E-state index contributed by atoms with van der Waals surface area (Å²) in [5, 5.41) is 7.82. The summed E-state index contributed by atoms with van der Waals surface area (Å²) in [6, 6.07) is 17.6. The minimum atomic E-state index is 0.507. The van der Waals surface area contributed by atoms with Crippen molar-refractivity contribution < 1.29 is 4.74 Å². The minimum absolute atomic E-state index is 0.507. The molecule has 0 atom stereocenters. The molecule has 0 amide bonds. The second-order valence-electron chi connectivity index (χ2n) is 5.62. The molecule has 0 spiro atoms. The lowest BCUT2D eigenvalue weighted by atomic mass is 10.2. The smallest absolute Gasteiger partial charge is 0.245 e. The molecule has 4 aromatic rings. The number of nitrogens with zero attached hydrogens (tertiary/aromatic N) is 4. The number of benzene rings is 2. The van der Waals surface area contributed by atoms with E-state index in [9.17, 15) is 0 Å². The van der Waals surface area contributed by atoms with Crippen LogP contribution in [0, 0.1) is 6.92 Å². The van der Waals surface area contributed by atoms with E-state index in [1.165, 1.54) is 0 Å². The molecule has 124 valence electrons. The van der Waals surface area contributed by atoms with E-state index in [2.05, 4.69) is 20.4 Å². The number of ether oxygens (including phenoxy) is 1. The Kier molecular flexibility index (Phi) is 3.78. The molecule has 0 aliphatic carbocycles. The van der Waals surface area contributed by atoms with Crippen molar-refractivity contribution in [1.29, 1.82) is 0 Å². The van der Waals surface area contributed by atoms with Crippen molar-refractivity contribution in [3.05, 3.63) is 66.5 Å². The van der Waals surface area contributed by atoms with Crippen molar-refractivity contribution in [2.45, 2.75) is 6.92 Å². The zero-order valence-corrected chi connectivity index (χ0v) is 14.0. The van der Waals surface area contributed by atoms with Gasteiger partial charge in [0, 0.05) is 11.3 Å². The molecule has 0 fully saturated rings. The lowest BCUT2D eigenvalue weighted by Crippen LogP contribution is -2.03. The first-order chi connectivity index (χ1) is 12.2. The summed E-state index contributed by atoms with van der Waals surface area (Å²) in [5.41, 5.74) is 3.69. The molecule has 0 saturated heterocycles. The fourth-order valence-electron chi connectivity index (χ4n) is 2.66. The Labute approximate surface area is 145 Å². The zero-order chi connectivity index (χ0) is 17.2. The van der Waals surface area contributed by atoms with Gasteiger partial charge in [-0.15, -0.1) is 5.10 Å². The molecule has 2 aromatic carbocycles. The van der Waals surface area contributed by atoms with E-state index in [0.29, 0.717) is 5.95 Å². The SMILES string of the molecule is COc1ccc(Nc2ncc3c(C)nc(-c4ccccc4)n3n2)cc1. The number of anilines is 2. The highest BCUT2D eigenvalue weighted by atomic mass is 16.5. The van der Waals surface area contributed by atoms with Gasteiger partial charge in [-0.1, -0.05) is 30.3 Å². The molecule has 0 bridgehead atoms. The summed E-state index contributed by atoms with van der Waals surface area (Å²) in [6.45, 7) is 1.96. The lowest BCUT2D eigenvalue weighted by Gasteiger charge is -2.07. The Balaban J connectivity index is 1.73. The molecule has 0 saturated carbocycles. The van der Waals surface area contributed by atoms with Gasteiger partial charge in [-0.25, -0.2) is 14.5 Å². The quantitative estimate of drug-likeness (QED) is 0.615. The van der Waals surface area contributed by atoms with E-state index in [-0.39, 0.29) is 0 Å². The number of fused-ring (bicyclic) bond motifs is 1. The number of hydrogen-bond donors (Lipinski definition) is 1. The fraction of sp³-hybridized carbons (Fsp3) is 0.105. The average Bonchev–Trinajstić information content (AvgIpc) is 2.99. The van der Waals surface area contributed by atoms with Crippen molar-refractivity contribution >= 4 is 17.2 Å². The third-order valence-corrected chi connectivity index (χ3v) is 3.96. The van der Waals surface area contributed by atoms with Gasteiger partial charge in [-0.3, -0.25) is 0 Å². The Hall–Kier alpha value is -3.41. The van der Waals surface area contributed by atoms with Gasteiger partial charge >= 0.3 is 0 Å². The van der Waals surface area contributed by atoms with E-state index < -0.39 is 0 Å². The van der Waals surface area contributed by atoms with Crippen molar-refractivity contribution in [2.24, 2.45) is 0 Å². The molecule has 2 aromatic heterocycles. The number of imidazole rings is 1. The maximum Gasteiger partial charge on any atom is 0.245 e. The number of rotatable bonds is 4. The first-order valence-corrected chi connectivity index (χ1v) is 7.93. The molecule has 6 heteroatoms. The molecule has 6 nitrogen and oxygen atoms in total. The van der Waals surface area contributed by atoms with Crippen LogP contribution in [0.3, 0.4) is 0 Å². The van der Waals surface area contributed by atoms with Crippen LogP contribution in [0.2, 0.25) is 0 Å². The highest BCUT2D eigenvalue weighted by Gasteiger charge is 2.12. The lowest BCUT2D eigenvalue weighted by molar-refractivity contribution is 0.415. The normalized spacial score (nSPS) is 10.8. The number of nitrogens with one attached hydrogen (secondary N) is 1. The first kappa shape index (κ1) is 15.1. The third kappa shape index (κ3) is 2.89. The highest BCUT2D eigenvalue weighted by molar-refractivity contribution is 5.64. The number of aromatic nitrogens is 4. The van der Waals surface area contributed by atoms with Gasteiger partial charge in [0.2, 0.25) is 5.95 Å². The summed E-state index contributed by atoms with van der Waals surface area (Å²) in [5.74, 6) is 2.11. The fourth-order valence-corrected chi connectivity index (χ4v) is 2.66. The van der Waals surface area contributed by atoms with Crippen LogP contribution in [0.5, 0.6) is 5.75 Å². The van der Waals surface area contributed by atoms with E-state index in [1.807, 2.05) is 66.0 Å². The summed E-state index contributed by atoms with van der Waals surface area (Å²) >= 11 is 0. The molecule has 25 heavy (non-hydrogen) atoms. The van der Waals surface area contributed by atoms with Crippen LogP contribution in [0.15, 0.2) is 60.8 Å². The Morgan fingerprint density at radius 3 is 2.48 bits per heavy atom. The molecule has 2 heterocycles. The van der Waals surface area contributed by atoms with Gasteiger partial charge < -0.3 is 10.1 Å². The van der Waals surface area contributed by atoms with Crippen LogP contribution in [0.25, 0.3) is 16.9 Å². The number of methoxy groups -OCH3 is 1. The first-order valence-electron chi connectivity index (χ1n) is 7.93. The van der Waals surface area contributed by atoms with Crippen LogP contribution < -0.4 is 10.1 Å². The predicted molar refractivity (Wildman–Crippen MR) is 97.2 cm³/mol. The van der Waals surface area contributed by atoms with Gasteiger partial charge in [0.05, 0.1) is 19.0 Å². The molecule has 4 rings (SSSR count). The van der Waals surface area contributed by atoms with Gasteiger partial charge in [0.1, 0.15) is 11.3 Å². The van der Waals surface area contributed by atoms with Crippen LogP contribution in [-0.4, -0.2) is 26.7 Å². The van der Waals surface area contributed by atoms with Gasteiger partial charge in [0.15, 0.2) is 5.82 Å². The second kappa shape index (κ2) is 6.24. The van der Waals surface area contributed by atoms with E-state index >= 15 is 0 Å². The monoisotopic (exact) mass is 331 g/mol. The number of hydrogen-bond acceptors (Lipinski definition) is 5. The van der Waals surface area contributed by atoms with Crippen molar-refractivity contribution in [1.82, 2.24) is 19.6 Å². The Morgan fingerprint density at radius 1 is 1.00 bits per heavy atom. The van der Waals surface area contributed by atoms with Crippen molar-refractivity contribution in [3.8, 4) is 17.1 Å². The summed E-state index contributed by atoms with van der Waals surface area (Å²) in [6.07, 6.45) is 1.79. The second-order valence-corrected chi connectivity index (χ2v) is 5.62. The van der Waals surface area contributed by atoms with Crippen LogP contribution in [0.4, 0.5) is 11.6 Å². The van der Waals surface area contributed by atoms with Crippen molar-refractivity contribution in [3.63, 3.8) is 0 Å². The van der Waals surface area contributed by atoms with Gasteiger partial charge in [-0.05, 0) is 31.2 Å². The number of aryl methyl sites for hydroxylation is 1. The molecule has 0 aliphatic rings. The van der Waals surface area contributed by atoms with Crippen LogP contribution >= 0.6 is 0 Å².